The van der Waals surface area contributed by atoms with E-state index in [1.165, 1.54) is 4.68 Å². The number of ether oxygens (including phenoxy) is 2. The van der Waals surface area contributed by atoms with Crippen LogP contribution in [0, 0.1) is 0 Å². The molecule has 0 aliphatic rings. The predicted molar refractivity (Wildman–Crippen MR) is 139 cm³/mol. The van der Waals surface area contributed by atoms with Gasteiger partial charge in [-0.05, 0) is 53.9 Å². The van der Waals surface area contributed by atoms with E-state index in [1.807, 2.05) is 60.7 Å². The van der Waals surface area contributed by atoms with Crippen molar-refractivity contribution in [2.45, 2.75) is 32.8 Å². The van der Waals surface area contributed by atoms with Crippen LogP contribution in [0.25, 0.3) is 10.9 Å². The Hall–Kier alpha value is -3.45. The van der Waals surface area contributed by atoms with Gasteiger partial charge in [-0.3, -0.25) is 4.79 Å². The number of methoxy groups -OCH3 is 1. The third kappa shape index (κ3) is 5.54. The molecule has 1 aromatic heterocycles. The second kappa shape index (κ2) is 11.1. The van der Waals surface area contributed by atoms with Crippen LogP contribution in [-0.2, 0) is 13.0 Å². The number of aromatic nitrogens is 2. The Bertz CT molecular complexity index is 1370. The fourth-order valence-electron chi connectivity index (χ4n) is 3.55. The fourth-order valence-corrected chi connectivity index (χ4v) is 3.92. The maximum absolute atomic E-state index is 13.2. The van der Waals surface area contributed by atoms with Crippen molar-refractivity contribution in [3.05, 3.63) is 98.5 Å². The lowest BCUT2D eigenvalue weighted by atomic mass is 10.2. The molecule has 0 saturated heterocycles. The standard InChI is InChI=1S/C27H26BrN3O3/c1-3-4-10-26-30-23-13-12-21(28)16-22(23)27(32)31(26)29-17-20-11-14-24(25(15-20)33-2)34-18-19-8-6-5-7-9-19/h5-9,11-17H,3-4,10,18H2,1-2H3. The molecule has 174 valence electrons. The normalized spacial score (nSPS) is 11.3. The molecule has 3 aromatic carbocycles. The zero-order valence-electron chi connectivity index (χ0n) is 19.2. The van der Waals surface area contributed by atoms with Crippen LogP contribution >= 0.6 is 15.9 Å². The molecule has 0 unspecified atom stereocenters. The van der Waals surface area contributed by atoms with Gasteiger partial charge in [0, 0.05) is 10.9 Å². The van der Waals surface area contributed by atoms with E-state index in [9.17, 15) is 4.79 Å². The molecule has 4 rings (SSSR count). The first-order valence-corrected chi connectivity index (χ1v) is 12.0. The van der Waals surface area contributed by atoms with Crippen molar-refractivity contribution in [1.82, 2.24) is 9.66 Å². The van der Waals surface area contributed by atoms with E-state index in [1.54, 1.807) is 19.4 Å². The van der Waals surface area contributed by atoms with Crippen molar-refractivity contribution in [3.8, 4) is 11.5 Å². The lowest BCUT2D eigenvalue weighted by molar-refractivity contribution is 0.284. The number of rotatable bonds is 9. The van der Waals surface area contributed by atoms with Crippen molar-refractivity contribution >= 4 is 33.0 Å². The number of fused-ring (bicyclic) bond motifs is 1. The van der Waals surface area contributed by atoms with Gasteiger partial charge in [0.15, 0.2) is 11.5 Å². The lowest BCUT2D eigenvalue weighted by Crippen LogP contribution is -2.22. The van der Waals surface area contributed by atoms with Crippen molar-refractivity contribution in [3.63, 3.8) is 0 Å². The fraction of sp³-hybridized carbons (Fsp3) is 0.222. The number of aryl methyl sites for hydroxylation is 1. The summed E-state index contributed by atoms with van der Waals surface area (Å²) in [4.78, 5) is 17.9. The first-order chi connectivity index (χ1) is 16.6. The van der Waals surface area contributed by atoms with Crippen LogP contribution in [0.2, 0.25) is 0 Å². The first-order valence-electron chi connectivity index (χ1n) is 11.2. The number of benzene rings is 3. The highest BCUT2D eigenvalue weighted by Gasteiger charge is 2.11. The van der Waals surface area contributed by atoms with E-state index in [-0.39, 0.29) is 5.56 Å². The molecular weight excluding hydrogens is 494 g/mol. The van der Waals surface area contributed by atoms with Gasteiger partial charge >= 0.3 is 0 Å². The largest absolute Gasteiger partial charge is 0.493 e. The second-order valence-corrected chi connectivity index (χ2v) is 8.75. The van der Waals surface area contributed by atoms with Crippen molar-refractivity contribution in [1.29, 1.82) is 0 Å². The summed E-state index contributed by atoms with van der Waals surface area (Å²) < 4.78 is 13.7. The summed E-state index contributed by atoms with van der Waals surface area (Å²) in [5, 5.41) is 5.03. The Morgan fingerprint density at radius 2 is 1.88 bits per heavy atom. The summed E-state index contributed by atoms with van der Waals surface area (Å²) in [6, 6.07) is 21.0. The second-order valence-electron chi connectivity index (χ2n) is 7.84. The maximum atomic E-state index is 13.2. The Kier molecular flexibility index (Phi) is 7.75. The molecule has 0 amide bonds. The van der Waals surface area contributed by atoms with Gasteiger partial charge in [0.25, 0.3) is 5.56 Å². The monoisotopic (exact) mass is 519 g/mol. The van der Waals surface area contributed by atoms with Crippen molar-refractivity contribution < 1.29 is 9.47 Å². The molecule has 0 N–H and O–H groups in total. The molecule has 0 aliphatic carbocycles. The number of hydrogen-bond acceptors (Lipinski definition) is 5. The molecule has 6 nitrogen and oxygen atoms in total. The van der Waals surface area contributed by atoms with Crippen LogP contribution in [0.5, 0.6) is 11.5 Å². The van der Waals surface area contributed by atoms with Gasteiger partial charge in [-0.15, -0.1) is 0 Å². The SMILES string of the molecule is CCCCc1nc2ccc(Br)cc2c(=O)n1N=Cc1ccc(OCc2ccccc2)c(OC)c1. The highest BCUT2D eigenvalue weighted by molar-refractivity contribution is 9.10. The average Bonchev–Trinajstić information content (AvgIpc) is 2.87. The van der Waals surface area contributed by atoms with Crippen LogP contribution in [0.15, 0.2) is 81.1 Å². The van der Waals surface area contributed by atoms with E-state index < -0.39 is 0 Å². The van der Waals surface area contributed by atoms with Gasteiger partial charge < -0.3 is 9.47 Å². The van der Waals surface area contributed by atoms with Gasteiger partial charge in [0.2, 0.25) is 0 Å². The molecule has 0 radical (unpaired) electrons. The topological polar surface area (TPSA) is 65.7 Å². The number of unbranched alkanes of at least 4 members (excludes halogenated alkanes) is 1. The number of nitrogens with zero attached hydrogens (tertiary/aromatic N) is 3. The molecular formula is C27H26BrN3O3. The predicted octanol–water partition coefficient (Wildman–Crippen LogP) is 5.97. The molecule has 0 fully saturated rings. The Morgan fingerprint density at radius 1 is 1.06 bits per heavy atom. The number of halogens is 1. The minimum absolute atomic E-state index is 0.191. The van der Waals surface area contributed by atoms with E-state index in [0.29, 0.717) is 41.3 Å². The van der Waals surface area contributed by atoms with E-state index in [2.05, 4.69) is 28.0 Å². The molecule has 1 heterocycles. The van der Waals surface area contributed by atoms with E-state index >= 15 is 0 Å². The van der Waals surface area contributed by atoms with Gasteiger partial charge in [0.1, 0.15) is 12.4 Å². The highest BCUT2D eigenvalue weighted by Crippen LogP contribution is 2.28. The Labute approximate surface area is 207 Å². The molecule has 0 aliphatic heterocycles. The quantitative estimate of drug-likeness (QED) is 0.255. The number of hydrogen-bond donors (Lipinski definition) is 0. The summed E-state index contributed by atoms with van der Waals surface area (Å²) in [7, 11) is 1.60. The van der Waals surface area contributed by atoms with Crippen LogP contribution in [0.1, 0.15) is 36.7 Å². The molecule has 7 heteroatoms. The van der Waals surface area contributed by atoms with Crippen LogP contribution in [0.3, 0.4) is 0 Å². The minimum atomic E-state index is -0.191. The summed E-state index contributed by atoms with van der Waals surface area (Å²) in [5.41, 5.74) is 2.34. The average molecular weight is 520 g/mol. The van der Waals surface area contributed by atoms with Crippen molar-refractivity contribution in [2.24, 2.45) is 5.10 Å². The first kappa shape index (κ1) is 23.7. The minimum Gasteiger partial charge on any atom is -0.493 e. The molecule has 0 spiro atoms. The smallest absolute Gasteiger partial charge is 0.282 e. The highest BCUT2D eigenvalue weighted by atomic mass is 79.9. The lowest BCUT2D eigenvalue weighted by Gasteiger charge is -2.12. The Balaban J connectivity index is 1.63. The molecule has 4 aromatic rings. The van der Waals surface area contributed by atoms with Crippen LogP contribution < -0.4 is 15.0 Å². The van der Waals surface area contributed by atoms with E-state index in [4.69, 9.17) is 14.5 Å². The molecule has 0 atom stereocenters. The summed E-state index contributed by atoms with van der Waals surface area (Å²) in [6.07, 6.45) is 4.24. The third-order valence-corrected chi connectivity index (χ3v) is 5.87. The van der Waals surface area contributed by atoms with Gasteiger partial charge in [0.05, 0.1) is 24.2 Å². The zero-order valence-corrected chi connectivity index (χ0v) is 20.8. The molecule has 0 bridgehead atoms. The molecule has 34 heavy (non-hydrogen) atoms. The van der Waals surface area contributed by atoms with Crippen LogP contribution in [-0.4, -0.2) is 23.0 Å². The summed E-state index contributed by atoms with van der Waals surface area (Å²) in [6.45, 7) is 2.55. The Morgan fingerprint density at radius 3 is 2.65 bits per heavy atom. The molecule has 0 saturated carbocycles. The van der Waals surface area contributed by atoms with Crippen LogP contribution in [0.4, 0.5) is 0 Å². The zero-order chi connectivity index (χ0) is 23.9. The van der Waals surface area contributed by atoms with Gasteiger partial charge in [-0.1, -0.05) is 59.6 Å². The third-order valence-electron chi connectivity index (χ3n) is 5.38. The van der Waals surface area contributed by atoms with Gasteiger partial charge in [-0.25, -0.2) is 4.98 Å². The van der Waals surface area contributed by atoms with E-state index in [0.717, 1.165) is 28.4 Å². The summed E-state index contributed by atoms with van der Waals surface area (Å²) in [5.74, 6) is 1.88. The van der Waals surface area contributed by atoms with Gasteiger partial charge in [-0.2, -0.15) is 9.78 Å². The maximum Gasteiger partial charge on any atom is 0.282 e. The summed E-state index contributed by atoms with van der Waals surface area (Å²) >= 11 is 3.44. The van der Waals surface area contributed by atoms with Crippen molar-refractivity contribution in [2.75, 3.05) is 7.11 Å².